The van der Waals surface area contributed by atoms with Gasteiger partial charge in [-0.3, -0.25) is 0 Å². The first-order valence-electron chi connectivity index (χ1n) is 7.65. The van der Waals surface area contributed by atoms with Crippen molar-refractivity contribution in [1.29, 1.82) is 0 Å². The standard InChI is InChI=1S/C16H18BrF3O2S/c17-12-1-2-14(13(9-12)16(18,19)20)23-10-11-3-5-15(6-4-11)21-7-8-22-15/h1-2,9,11H,3-8,10H2. The van der Waals surface area contributed by atoms with Crippen LogP contribution in [0, 0.1) is 5.92 Å². The lowest BCUT2D eigenvalue weighted by atomic mass is 9.86. The monoisotopic (exact) mass is 410 g/mol. The lowest BCUT2D eigenvalue weighted by molar-refractivity contribution is -0.181. The summed E-state index contributed by atoms with van der Waals surface area (Å²) in [6.07, 6.45) is -0.778. The lowest BCUT2D eigenvalue weighted by Crippen LogP contribution is -2.35. The molecule has 0 bridgehead atoms. The summed E-state index contributed by atoms with van der Waals surface area (Å²) in [6, 6.07) is 4.36. The molecule has 7 heteroatoms. The quantitative estimate of drug-likeness (QED) is 0.613. The first-order chi connectivity index (χ1) is 10.9. The molecule has 1 aliphatic heterocycles. The van der Waals surface area contributed by atoms with Crippen LogP contribution in [0.4, 0.5) is 13.2 Å². The SMILES string of the molecule is FC(F)(F)c1cc(Br)ccc1SCC1CCC2(CC1)OCCO2. The van der Waals surface area contributed by atoms with Gasteiger partial charge in [-0.05, 0) is 37.0 Å². The van der Waals surface area contributed by atoms with E-state index in [2.05, 4.69) is 15.9 Å². The number of hydrogen-bond acceptors (Lipinski definition) is 3. The summed E-state index contributed by atoms with van der Waals surface area (Å²) in [5.74, 6) is 0.694. The van der Waals surface area contributed by atoms with Crippen molar-refractivity contribution in [2.24, 2.45) is 5.92 Å². The van der Waals surface area contributed by atoms with Crippen molar-refractivity contribution >= 4 is 27.7 Å². The van der Waals surface area contributed by atoms with E-state index in [4.69, 9.17) is 9.47 Å². The fourth-order valence-corrected chi connectivity index (χ4v) is 4.73. The van der Waals surface area contributed by atoms with E-state index in [-0.39, 0.29) is 0 Å². The number of rotatable bonds is 3. The molecule has 0 amide bonds. The third-order valence-electron chi connectivity index (χ3n) is 4.40. The molecule has 1 aliphatic carbocycles. The Labute approximate surface area is 146 Å². The van der Waals surface area contributed by atoms with Crippen LogP contribution in [-0.4, -0.2) is 24.8 Å². The molecule has 1 aromatic carbocycles. The van der Waals surface area contributed by atoms with Crippen LogP contribution >= 0.6 is 27.7 Å². The first-order valence-corrected chi connectivity index (χ1v) is 9.43. The van der Waals surface area contributed by atoms with Gasteiger partial charge in [0.05, 0.1) is 18.8 Å². The molecule has 23 heavy (non-hydrogen) atoms. The van der Waals surface area contributed by atoms with Crippen molar-refractivity contribution < 1.29 is 22.6 Å². The summed E-state index contributed by atoms with van der Waals surface area (Å²) in [7, 11) is 0. The summed E-state index contributed by atoms with van der Waals surface area (Å²) in [6.45, 7) is 1.29. The van der Waals surface area contributed by atoms with E-state index < -0.39 is 17.5 Å². The highest BCUT2D eigenvalue weighted by Crippen LogP contribution is 2.42. The molecule has 0 radical (unpaired) electrons. The Morgan fingerprint density at radius 1 is 1.17 bits per heavy atom. The van der Waals surface area contributed by atoms with E-state index in [1.54, 1.807) is 12.1 Å². The summed E-state index contributed by atoms with van der Waals surface area (Å²) < 4.78 is 51.2. The summed E-state index contributed by atoms with van der Waals surface area (Å²) in [4.78, 5) is 0.300. The molecule has 1 saturated carbocycles. The van der Waals surface area contributed by atoms with E-state index in [0.717, 1.165) is 31.7 Å². The highest BCUT2D eigenvalue weighted by Gasteiger charge is 2.40. The van der Waals surface area contributed by atoms with E-state index in [1.807, 2.05) is 0 Å². The Kier molecular flexibility index (Phi) is 5.30. The van der Waals surface area contributed by atoms with E-state index in [1.165, 1.54) is 11.8 Å². The van der Waals surface area contributed by atoms with Gasteiger partial charge >= 0.3 is 6.18 Å². The molecule has 1 aromatic rings. The maximum atomic E-state index is 13.1. The molecule has 3 rings (SSSR count). The number of ether oxygens (including phenoxy) is 2. The third kappa shape index (κ3) is 4.24. The molecule has 0 N–H and O–H groups in total. The minimum atomic E-state index is -4.33. The Morgan fingerprint density at radius 3 is 2.43 bits per heavy atom. The third-order valence-corrected chi connectivity index (χ3v) is 6.20. The highest BCUT2D eigenvalue weighted by molar-refractivity contribution is 9.10. The molecule has 2 fully saturated rings. The molecule has 2 aliphatic rings. The summed E-state index contributed by atoms with van der Waals surface area (Å²) >= 11 is 4.41. The second-order valence-electron chi connectivity index (χ2n) is 6.00. The predicted molar refractivity (Wildman–Crippen MR) is 86.5 cm³/mol. The van der Waals surface area contributed by atoms with E-state index >= 15 is 0 Å². The fourth-order valence-electron chi connectivity index (χ4n) is 3.13. The zero-order valence-electron chi connectivity index (χ0n) is 12.5. The van der Waals surface area contributed by atoms with Crippen molar-refractivity contribution in [3.8, 4) is 0 Å². The molecule has 0 unspecified atom stereocenters. The van der Waals surface area contributed by atoms with Crippen LogP contribution in [0.15, 0.2) is 27.6 Å². The van der Waals surface area contributed by atoms with Crippen LogP contribution in [-0.2, 0) is 15.7 Å². The maximum Gasteiger partial charge on any atom is 0.417 e. The van der Waals surface area contributed by atoms with Crippen molar-refractivity contribution in [3.63, 3.8) is 0 Å². The Bertz CT molecular complexity index is 549. The van der Waals surface area contributed by atoms with Gasteiger partial charge in [0, 0.05) is 28.0 Å². The largest absolute Gasteiger partial charge is 0.417 e. The van der Waals surface area contributed by atoms with Crippen LogP contribution in [0.3, 0.4) is 0 Å². The van der Waals surface area contributed by atoms with Gasteiger partial charge in [-0.15, -0.1) is 11.8 Å². The number of benzene rings is 1. The smallest absolute Gasteiger partial charge is 0.348 e. The molecule has 0 atom stereocenters. The van der Waals surface area contributed by atoms with Gasteiger partial charge in [0.2, 0.25) is 0 Å². The highest BCUT2D eigenvalue weighted by atomic mass is 79.9. The van der Waals surface area contributed by atoms with Gasteiger partial charge in [-0.25, -0.2) is 0 Å². The molecule has 1 saturated heterocycles. The molecule has 1 heterocycles. The molecule has 2 nitrogen and oxygen atoms in total. The van der Waals surface area contributed by atoms with Crippen LogP contribution in [0.5, 0.6) is 0 Å². The second-order valence-corrected chi connectivity index (χ2v) is 7.98. The van der Waals surface area contributed by atoms with Crippen LogP contribution in [0.1, 0.15) is 31.2 Å². The van der Waals surface area contributed by atoms with E-state index in [9.17, 15) is 13.2 Å². The predicted octanol–water partition coefficient (Wildman–Crippen LogP) is 5.49. The number of thioether (sulfide) groups is 1. The number of halogens is 4. The zero-order valence-corrected chi connectivity index (χ0v) is 14.9. The van der Waals surface area contributed by atoms with Crippen LogP contribution < -0.4 is 0 Å². The fraction of sp³-hybridized carbons (Fsp3) is 0.625. The van der Waals surface area contributed by atoms with E-state index in [0.29, 0.717) is 34.3 Å². The summed E-state index contributed by atoms with van der Waals surface area (Å²) in [5.41, 5.74) is -0.563. The van der Waals surface area contributed by atoms with Crippen molar-refractivity contribution in [1.82, 2.24) is 0 Å². The molecular weight excluding hydrogens is 393 g/mol. The topological polar surface area (TPSA) is 18.5 Å². The molecule has 0 aromatic heterocycles. The minimum Gasteiger partial charge on any atom is -0.348 e. The van der Waals surface area contributed by atoms with Crippen molar-refractivity contribution in [2.45, 2.75) is 42.5 Å². The minimum absolute atomic E-state index is 0.300. The Hall–Kier alpha value is -0.240. The Morgan fingerprint density at radius 2 is 1.83 bits per heavy atom. The Balaban J connectivity index is 1.59. The molecule has 1 spiro atoms. The van der Waals surface area contributed by atoms with Gasteiger partial charge in [-0.1, -0.05) is 15.9 Å². The zero-order chi connectivity index (χ0) is 16.5. The average molecular weight is 411 g/mol. The van der Waals surface area contributed by atoms with Gasteiger partial charge in [0.1, 0.15) is 0 Å². The van der Waals surface area contributed by atoms with Gasteiger partial charge in [0.15, 0.2) is 5.79 Å². The second kappa shape index (κ2) is 6.94. The van der Waals surface area contributed by atoms with Gasteiger partial charge in [-0.2, -0.15) is 13.2 Å². The summed E-state index contributed by atoms with van der Waals surface area (Å²) in [5, 5.41) is 0. The van der Waals surface area contributed by atoms with Crippen molar-refractivity contribution in [3.05, 3.63) is 28.2 Å². The average Bonchev–Trinajstić information content (AvgIpc) is 2.95. The van der Waals surface area contributed by atoms with Crippen molar-refractivity contribution in [2.75, 3.05) is 19.0 Å². The number of hydrogen-bond donors (Lipinski definition) is 0. The molecular formula is C16H18BrF3O2S. The maximum absolute atomic E-state index is 13.1. The lowest BCUT2D eigenvalue weighted by Gasteiger charge is -2.35. The van der Waals surface area contributed by atoms with Crippen LogP contribution in [0.25, 0.3) is 0 Å². The first kappa shape index (κ1) is 17.6. The van der Waals surface area contributed by atoms with Crippen LogP contribution in [0.2, 0.25) is 0 Å². The van der Waals surface area contributed by atoms with Gasteiger partial charge in [0.25, 0.3) is 0 Å². The normalized spacial score (nSPS) is 21.9. The van der Waals surface area contributed by atoms with Gasteiger partial charge < -0.3 is 9.47 Å². The number of alkyl halides is 3. The molecule has 128 valence electrons.